The Balaban J connectivity index is 1.61. The molecule has 10 nitrogen and oxygen atoms in total. The minimum atomic E-state index is -0.663. The van der Waals surface area contributed by atoms with Gasteiger partial charge >= 0.3 is 6.09 Å². The van der Waals surface area contributed by atoms with Crippen LogP contribution in [0.2, 0.25) is 0 Å². The van der Waals surface area contributed by atoms with E-state index in [0.29, 0.717) is 5.95 Å². The zero-order valence-corrected chi connectivity index (χ0v) is 12.1. The van der Waals surface area contributed by atoms with E-state index in [1.165, 1.54) is 13.3 Å². The fourth-order valence-electron chi connectivity index (χ4n) is 1.90. The Morgan fingerprint density at radius 3 is 2.91 bits per heavy atom. The van der Waals surface area contributed by atoms with Gasteiger partial charge in [-0.05, 0) is 12.1 Å². The molecule has 0 aliphatic rings. The molecule has 23 heavy (non-hydrogen) atoms. The number of carbonyl (C=O) groups is 2. The Hall–Kier alpha value is -3.43. The van der Waals surface area contributed by atoms with E-state index in [9.17, 15) is 9.59 Å². The molecule has 0 aliphatic carbocycles. The van der Waals surface area contributed by atoms with E-state index in [1.807, 2.05) is 24.3 Å². The van der Waals surface area contributed by atoms with E-state index in [-0.39, 0.29) is 18.3 Å². The van der Waals surface area contributed by atoms with Crippen molar-refractivity contribution in [1.82, 2.24) is 25.0 Å². The molecule has 3 N–H and O–H groups in total. The molecule has 0 fully saturated rings. The normalized spacial score (nSPS) is 10.5. The number of benzene rings is 1. The van der Waals surface area contributed by atoms with Crippen LogP contribution in [0.1, 0.15) is 0 Å². The van der Waals surface area contributed by atoms with Crippen molar-refractivity contribution in [3.05, 3.63) is 30.5 Å². The smallest absolute Gasteiger partial charge is 0.412 e. The number of methoxy groups -OCH3 is 1. The van der Waals surface area contributed by atoms with E-state index >= 15 is 0 Å². The number of fused-ring (bicyclic) bond motifs is 1. The monoisotopic (exact) mass is 315 g/mol. The predicted octanol–water partition coefficient (Wildman–Crippen LogP) is 0.971. The summed E-state index contributed by atoms with van der Waals surface area (Å²) in [7, 11) is 1.24. The number of carbonyl (C=O) groups excluding carboxylic acids is 2. The maximum Gasteiger partial charge on any atom is 0.412 e. The van der Waals surface area contributed by atoms with E-state index < -0.39 is 6.09 Å². The van der Waals surface area contributed by atoms with Crippen LogP contribution in [0.15, 0.2) is 30.5 Å². The Kier molecular flexibility index (Phi) is 3.87. The van der Waals surface area contributed by atoms with Crippen LogP contribution in [0.5, 0.6) is 0 Å². The number of ether oxygens (including phenoxy) is 1. The second-order valence-electron chi connectivity index (χ2n) is 4.53. The lowest BCUT2D eigenvalue weighted by atomic mass is 10.3. The van der Waals surface area contributed by atoms with Gasteiger partial charge < -0.3 is 9.72 Å². The molecule has 0 unspecified atom stereocenters. The molecule has 0 atom stereocenters. The highest BCUT2D eigenvalue weighted by Crippen LogP contribution is 2.13. The van der Waals surface area contributed by atoms with Crippen LogP contribution >= 0.6 is 0 Å². The van der Waals surface area contributed by atoms with Crippen LogP contribution in [-0.2, 0) is 16.1 Å². The van der Waals surface area contributed by atoms with Crippen molar-refractivity contribution in [2.45, 2.75) is 6.54 Å². The first-order valence-electron chi connectivity index (χ1n) is 6.64. The van der Waals surface area contributed by atoms with Crippen LogP contribution in [0.25, 0.3) is 11.0 Å². The minimum Gasteiger partial charge on any atom is -0.453 e. The van der Waals surface area contributed by atoms with Crippen LogP contribution in [0, 0.1) is 0 Å². The fourth-order valence-corrected chi connectivity index (χ4v) is 1.90. The summed E-state index contributed by atoms with van der Waals surface area (Å²) in [5.74, 6) is 0.175. The van der Waals surface area contributed by atoms with E-state index in [2.05, 4.69) is 35.5 Å². The third-order valence-corrected chi connectivity index (χ3v) is 2.88. The van der Waals surface area contributed by atoms with Gasteiger partial charge in [0.2, 0.25) is 11.9 Å². The summed E-state index contributed by atoms with van der Waals surface area (Å²) in [5.41, 5.74) is 1.58. The van der Waals surface area contributed by atoms with Gasteiger partial charge in [0.05, 0.1) is 24.3 Å². The number of amides is 2. The molecule has 0 saturated heterocycles. The van der Waals surface area contributed by atoms with E-state index in [4.69, 9.17) is 0 Å². The third-order valence-electron chi connectivity index (χ3n) is 2.88. The third kappa shape index (κ3) is 3.43. The molecule has 118 valence electrons. The molecule has 2 amide bonds. The second kappa shape index (κ2) is 6.13. The largest absolute Gasteiger partial charge is 0.453 e. The van der Waals surface area contributed by atoms with Gasteiger partial charge in [0, 0.05) is 0 Å². The number of para-hydroxylation sites is 2. The Morgan fingerprint density at radius 2 is 2.13 bits per heavy atom. The van der Waals surface area contributed by atoms with E-state index in [1.54, 1.807) is 0 Å². The van der Waals surface area contributed by atoms with Crippen molar-refractivity contribution in [1.29, 1.82) is 0 Å². The van der Waals surface area contributed by atoms with Crippen LogP contribution in [0.3, 0.4) is 0 Å². The average Bonchev–Trinajstić information content (AvgIpc) is 3.12. The summed E-state index contributed by atoms with van der Waals surface area (Å²) in [5, 5.41) is 12.8. The molecule has 0 aliphatic heterocycles. The van der Waals surface area contributed by atoms with Gasteiger partial charge in [-0.2, -0.15) is 9.90 Å². The van der Waals surface area contributed by atoms with Crippen molar-refractivity contribution >= 4 is 34.8 Å². The molecule has 10 heteroatoms. The lowest BCUT2D eigenvalue weighted by Gasteiger charge is -2.01. The molecular weight excluding hydrogens is 302 g/mol. The number of hydrogen-bond donors (Lipinski definition) is 3. The molecular formula is C13H13N7O3. The minimum absolute atomic E-state index is 0.125. The van der Waals surface area contributed by atoms with Gasteiger partial charge in [0.15, 0.2) is 5.82 Å². The summed E-state index contributed by atoms with van der Waals surface area (Å²) in [6, 6.07) is 7.42. The molecule has 0 bridgehead atoms. The summed E-state index contributed by atoms with van der Waals surface area (Å²) < 4.78 is 4.43. The topological polar surface area (TPSA) is 127 Å². The SMILES string of the molecule is COC(=O)Nc1cnn(CC(=O)Nc2nc3ccccc3[nH]2)n1. The molecule has 0 radical (unpaired) electrons. The molecule has 0 spiro atoms. The second-order valence-corrected chi connectivity index (χ2v) is 4.53. The maximum atomic E-state index is 12.0. The number of hydrogen-bond acceptors (Lipinski definition) is 6. The first-order valence-corrected chi connectivity index (χ1v) is 6.64. The Labute approximate surface area is 129 Å². The van der Waals surface area contributed by atoms with Gasteiger partial charge in [-0.3, -0.25) is 15.4 Å². The number of aromatic nitrogens is 5. The Bertz CT molecular complexity index is 821. The highest BCUT2D eigenvalue weighted by Gasteiger charge is 2.10. The number of rotatable bonds is 4. The van der Waals surface area contributed by atoms with Crippen molar-refractivity contribution in [3.8, 4) is 0 Å². The van der Waals surface area contributed by atoms with E-state index in [0.717, 1.165) is 15.8 Å². The maximum absolute atomic E-state index is 12.0. The van der Waals surface area contributed by atoms with Gasteiger partial charge in [-0.25, -0.2) is 9.78 Å². The first-order chi connectivity index (χ1) is 11.1. The highest BCUT2D eigenvalue weighted by molar-refractivity contribution is 5.90. The van der Waals surface area contributed by atoms with Crippen molar-refractivity contribution in [2.75, 3.05) is 17.7 Å². The standard InChI is InChI=1S/C13H13N7O3/c1-23-13(22)17-10-6-14-20(19-10)7-11(21)18-12-15-8-4-2-3-5-9(8)16-12/h2-6H,7H2,1H3,(H,17,19,22)(H2,15,16,18,21). The predicted molar refractivity (Wildman–Crippen MR) is 80.8 cm³/mol. The van der Waals surface area contributed by atoms with Crippen LogP contribution in [-0.4, -0.2) is 44.1 Å². The summed E-state index contributed by atoms with van der Waals surface area (Å²) in [6.45, 7) is -0.125. The summed E-state index contributed by atoms with van der Waals surface area (Å²) in [6.07, 6.45) is 0.648. The molecule has 1 aromatic carbocycles. The van der Waals surface area contributed by atoms with Gasteiger partial charge in [0.1, 0.15) is 6.54 Å². The van der Waals surface area contributed by atoms with Crippen LogP contribution in [0.4, 0.5) is 16.6 Å². The molecule has 0 saturated carbocycles. The molecule has 2 aromatic heterocycles. The highest BCUT2D eigenvalue weighted by atomic mass is 16.5. The molecule has 3 aromatic rings. The lowest BCUT2D eigenvalue weighted by molar-refractivity contribution is -0.117. The molecule has 3 rings (SSSR count). The average molecular weight is 315 g/mol. The number of H-pyrrole nitrogens is 1. The number of imidazole rings is 1. The van der Waals surface area contributed by atoms with Gasteiger partial charge in [-0.15, -0.1) is 5.10 Å². The van der Waals surface area contributed by atoms with Crippen LogP contribution < -0.4 is 10.6 Å². The quantitative estimate of drug-likeness (QED) is 0.658. The lowest BCUT2D eigenvalue weighted by Crippen LogP contribution is -2.21. The fraction of sp³-hybridized carbons (Fsp3) is 0.154. The number of aromatic amines is 1. The summed E-state index contributed by atoms with van der Waals surface area (Å²) in [4.78, 5) is 31.4. The van der Waals surface area contributed by atoms with Crippen molar-refractivity contribution < 1.29 is 14.3 Å². The Morgan fingerprint density at radius 1 is 1.30 bits per heavy atom. The number of nitrogens with one attached hydrogen (secondary N) is 3. The number of nitrogens with zero attached hydrogens (tertiary/aromatic N) is 4. The van der Waals surface area contributed by atoms with Gasteiger partial charge in [0.25, 0.3) is 0 Å². The number of anilines is 2. The first kappa shape index (κ1) is 14.5. The van der Waals surface area contributed by atoms with Gasteiger partial charge in [-0.1, -0.05) is 12.1 Å². The van der Waals surface area contributed by atoms with Crippen molar-refractivity contribution in [3.63, 3.8) is 0 Å². The zero-order chi connectivity index (χ0) is 16.2. The zero-order valence-electron chi connectivity index (χ0n) is 12.1. The van der Waals surface area contributed by atoms with Crippen molar-refractivity contribution in [2.24, 2.45) is 0 Å². The molecule has 2 heterocycles. The summed E-state index contributed by atoms with van der Waals surface area (Å²) >= 11 is 0.